The molecule has 0 aliphatic rings. The van der Waals surface area contributed by atoms with Crippen LogP contribution in [0.5, 0.6) is 0 Å². The van der Waals surface area contributed by atoms with Crippen LogP contribution in [0.2, 0.25) is 10.0 Å². The lowest BCUT2D eigenvalue weighted by Crippen LogP contribution is -1.95. The van der Waals surface area contributed by atoms with Gasteiger partial charge in [-0.25, -0.2) is 4.39 Å². The molecule has 0 saturated carbocycles. The lowest BCUT2D eigenvalue weighted by molar-refractivity contribution is 0.281. The fourth-order valence-corrected chi connectivity index (χ4v) is 2.93. The lowest BCUT2D eigenvalue weighted by atomic mass is 10.0. The minimum atomic E-state index is -0.283. The maximum absolute atomic E-state index is 13.0. The molecule has 0 spiro atoms. The largest absolute Gasteiger partial charge is 0.392 e. The Morgan fingerprint density at radius 1 is 1.09 bits per heavy atom. The maximum Gasteiger partial charge on any atom is 0.123 e. The molecule has 2 aromatic carbocycles. The third kappa shape index (κ3) is 3.39. The smallest absolute Gasteiger partial charge is 0.123 e. The van der Waals surface area contributed by atoms with Gasteiger partial charge in [-0.15, -0.1) is 0 Å². The number of nitrogens with zero attached hydrogens (tertiary/aromatic N) is 1. The molecular weight excluding hydrogens is 338 g/mol. The van der Waals surface area contributed by atoms with Crippen LogP contribution in [0.4, 0.5) is 4.39 Å². The summed E-state index contributed by atoms with van der Waals surface area (Å²) < 4.78 is 13.0. The van der Waals surface area contributed by atoms with Crippen molar-refractivity contribution in [2.75, 3.05) is 0 Å². The summed E-state index contributed by atoms with van der Waals surface area (Å²) in [7, 11) is 0. The molecule has 1 aromatic heterocycles. The van der Waals surface area contributed by atoms with Crippen LogP contribution in [0.25, 0.3) is 11.3 Å². The Hall–Kier alpha value is -1.88. The molecular formula is C17H13Cl2FN2O. The monoisotopic (exact) mass is 350 g/mol. The van der Waals surface area contributed by atoms with E-state index in [2.05, 4.69) is 10.2 Å². The van der Waals surface area contributed by atoms with Crippen molar-refractivity contribution >= 4 is 23.2 Å². The zero-order valence-corrected chi connectivity index (χ0v) is 13.5. The van der Waals surface area contributed by atoms with E-state index in [0.717, 1.165) is 11.3 Å². The number of rotatable bonds is 4. The topological polar surface area (TPSA) is 48.9 Å². The average molecular weight is 351 g/mol. The second-order valence-corrected chi connectivity index (χ2v) is 5.96. The van der Waals surface area contributed by atoms with E-state index >= 15 is 0 Å². The normalized spacial score (nSPS) is 11.0. The Balaban J connectivity index is 1.98. The first-order chi connectivity index (χ1) is 11.1. The van der Waals surface area contributed by atoms with Gasteiger partial charge in [0.1, 0.15) is 5.82 Å². The van der Waals surface area contributed by atoms with Gasteiger partial charge < -0.3 is 5.11 Å². The number of benzene rings is 2. The molecule has 0 amide bonds. The minimum absolute atomic E-state index is 0.179. The second kappa shape index (κ2) is 6.71. The molecule has 118 valence electrons. The number of aliphatic hydroxyl groups is 1. The first kappa shape index (κ1) is 16.0. The molecule has 3 aromatic rings. The molecule has 3 rings (SSSR count). The van der Waals surface area contributed by atoms with E-state index in [1.807, 2.05) is 0 Å². The predicted octanol–water partition coefficient (Wildman–Crippen LogP) is 4.61. The average Bonchev–Trinajstić information content (AvgIpc) is 2.92. The molecule has 2 N–H and O–H groups in total. The van der Waals surface area contributed by atoms with Crippen molar-refractivity contribution < 1.29 is 9.50 Å². The highest BCUT2D eigenvalue weighted by Crippen LogP contribution is 2.32. The molecule has 23 heavy (non-hydrogen) atoms. The van der Waals surface area contributed by atoms with Crippen molar-refractivity contribution in [3.63, 3.8) is 0 Å². The van der Waals surface area contributed by atoms with Gasteiger partial charge in [-0.1, -0.05) is 35.3 Å². The SMILES string of the molecule is OCc1c(-c2ccc(Cl)cc2Cl)n[nH]c1Cc1ccc(F)cc1. The van der Waals surface area contributed by atoms with Crippen LogP contribution in [-0.2, 0) is 13.0 Å². The van der Waals surface area contributed by atoms with E-state index in [1.165, 1.54) is 12.1 Å². The summed E-state index contributed by atoms with van der Waals surface area (Å²) in [6, 6.07) is 11.3. The van der Waals surface area contributed by atoms with Crippen LogP contribution in [0.15, 0.2) is 42.5 Å². The Morgan fingerprint density at radius 2 is 1.83 bits per heavy atom. The van der Waals surface area contributed by atoms with Gasteiger partial charge in [0.2, 0.25) is 0 Å². The molecule has 0 unspecified atom stereocenters. The van der Waals surface area contributed by atoms with Gasteiger partial charge in [0.05, 0.1) is 17.3 Å². The Kier molecular flexibility index (Phi) is 4.66. The number of hydrogen-bond donors (Lipinski definition) is 2. The van der Waals surface area contributed by atoms with Crippen molar-refractivity contribution in [1.82, 2.24) is 10.2 Å². The molecule has 0 aliphatic heterocycles. The van der Waals surface area contributed by atoms with Crippen LogP contribution in [0, 0.1) is 5.82 Å². The lowest BCUT2D eigenvalue weighted by Gasteiger charge is -2.06. The fourth-order valence-electron chi connectivity index (χ4n) is 2.43. The summed E-state index contributed by atoms with van der Waals surface area (Å²) >= 11 is 12.1. The van der Waals surface area contributed by atoms with Crippen molar-refractivity contribution in [3.8, 4) is 11.3 Å². The molecule has 0 aliphatic carbocycles. The second-order valence-electron chi connectivity index (χ2n) is 5.11. The van der Waals surface area contributed by atoms with E-state index in [1.54, 1.807) is 30.3 Å². The Labute approximate surface area is 142 Å². The van der Waals surface area contributed by atoms with Gasteiger partial charge in [0.15, 0.2) is 0 Å². The molecule has 0 radical (unpaired) electrons. The van der Waals surface area contributed by atoms with Crippen molar-refractivity contribution in [1.29, 1.82) is 0 Å². The van der Waals surface area contributed by atoms with Crippen LogP contribution in [0.1, 0.15) is 16.8 Å². The first-order valence-corrected chi connectivity index (χ1v) is 7.71. The molecule has 6 heteroatoms. The molecule has 1 heterocycles. The van der Waals surface area contributed by atoms with Crippen molar-refractivity contribution in [2.24, 2.45) is 0 Å². The Morgan fingerprint density at radius 3 is 2.48 bits per heavy atom. The third-order valence-electron chi connectivity index (χ3n) is 3.59. The number of halogens is 3. The van der Waals surface area contributed by atoms with E-state index in [4.69, 9.17) is 23.2 Å². The number of nitrogens with one attached hydrogen (secondary N) is 1. The van der Waals surface area contributed by atoms with Crippen LogP contribution >= 0.6 is 23.2 Å². The van der Waals surface area contributed by atoms with E-state index in [0.29, 0.717) is 33.3 Å². The molecule has 3 nitrogen and oxygen atoms in total. The molecule has 0 bridgehead atoms. The van der Waals surface area contributed by atoms with E-state index in [-0.39, 0.29) is 12.4 Å². The highest BCUT2D eigenvalue weighted by atomic mass is 35.5. The van der Waals surface area contributed by atoms with Gasteiger partial charge >= 0.3 is 0 Å². The fraction of sp³-hybridized carbons (Fsp3) is 0.118. The molecule has 0 saturated heterocycles. The zero-order chi connectivity index (χ0) is 16.4. The summed E-state index contributed by atoms with van der Waals surface area (Å²) in [4.78, 5) is 0. The summed E-state index contributed by atoms with van der Waals surface area (Å²) in [6.07, 6.45) is 0.508. The summed E-state index contributed by atoms with van der Waals surface area (Å²) in [5.41, 5.74) is 3.63. The number of hydrogen-bond acceptors (Lipinski definition) is 2. The van der Waals surface area contributed by atoms with Gasteiger partial charge in [-0.05, 0) is 35.9 Å². The summed E-state index contributed by atoms with van der Waals surface area (Å²) in [5, 5.41) is 17.9. The highest BCUT2D eigenvalue weighted by Gasteiger charge is 2.17. The highest BCUT2D eigenvalue weighted by molar-refractivity contribution is 6.36. The van der Waals surface area contributed by atoms with Crippen LogP contribution < -0.4 is 0 Å². The number of aliphatic hydroxyl groups excluding tert-OH is 1. The van der Waals surface area contributed by atoms with E-state index in [9.17, 15) is 9.50 Å². The van der Waals surface area contributed by atoms with Gasteiger partial charge in [-0.3, -0.25) is 5.10 Å². The van der Waals surface area contributed by atoms with Crippen LogP contribution in [-0.4, -0.2) is 15.3 Å². The van der Waals surface area contributed by atoms with Crippen molar-refractivity contribution in [3.05, 3.63) is 75.1 Å². The third-order valence-corrected chi connectivity index (χ3v) is 4.14. The zero-order valence-electron chi connectivity index (χ0n) is 12.0. The van der Waals surface area contributed by atoms with Gasteiger partial charge in [-0.2, -0.15) is 5.10 Å². The molecule has 0 fully saturated rings. The predicted molar refractivity (Wildman–Crippen MR) is 89.2 cm³/mol. The molecule has 0 atom stereocenters. The quantitative estimate of drug-likeness (QED) is 0.721. The first-order valence-electron chi connectivity index (χ1n) is 6.95. The van der Waals surface area contributed by atoms with Crippen LogP contribution in [0.3, 0.4) is 0 Å². The Bertz CT molecular complexity index is 831. The number of aromatic amines is 1. The van der Waals surface area contributed by atoms with E-state index < -0.39 is 0 Å². The number of aromatic nitrogens is 2. The summed E-state index contributed by atoms with van der Waals surface area (Å²) in [5.74, 6) is -0.283. The van der Waals surface area contributed by atoms with Gasteiger partial charge in [0, 0.05) is 28.3 Å². The maximum atomic E-state index is 13.0. The summed E-state index contributed by atoms with van der Waals surface area (Å²) in [6.45, 7) is -0.179. The van der Waals surface area contributed by atoms with Gasteiger partial charge in [0.25, 0.3) is 0 Å². The van der Waals surface area contributed by atoms with Crippen molar-refractivity contribution in [2.45, 2.75) is 13.0 Å². The number of H-pyrrole nitrogens is 1. The minimum Gasteiger partial charge on any atom is -0.392 e. The standard InChI is InChI=1S/C17H13Cl2FN2O/c18-11-3-6-13(15(19)8-11)17-14(9-23)16(21-22-17)7-10-1-4-12(20)5-2-10/h1-6,8,23H,7,9H2,(H,21,22).